The highest BCUT2D eigenvalue weighted by atomic mass is 35.5. The van der Waals surface area contributed by atoms with E-state index >= 15 is 0 Å². The number of benzene rings is 2. The minimum absolute atomic E-state index is 0. The summed E-state index contributed by atoms with van der Waals surface area (Å²) in [4.78, 5) is 7.59. The number of fused-ring (bicyclic) bond motifs is 1. The van der Waals surface area contributed by atoms with Gasteiger partial charge >= 0.3 is 0 Å². The molecule has 0 spiro atoms. The Bertz CT molecular complexity index is 884. The van der Waals surface area contributed by atoms with Crippen LogP contribution in [-0.4, -0.2) is 11.0 Å². The van der Waals surface area contributed by atoms with Crippen LogP contribution >= 0.6 is 12.4 Å². The van der Waals surface area contributed by atoms with Crippen molar-refractivity contribution in [2.75, 3.05) is 0 Å². The molecule has 0 fully saturated rings. The van der Waals surface area contributed by atoms with E-state index in [0.29, 0.717) is 6.04 Å². The number of hydrogen-bond acceptors (Lipinski definition) is 2. The normalized spacial score (nSPS) is 11.6. The molecular formula is C23H26ClN3. The Hall–Kier alpha value is -2.41. The standard InChI is InChI=1S/C23H25N3.ClH/c1-18(5-3-4-6-19-8-11-23(24-2)12-9-19)26-16-20-7-10-22-17-25-14-13-21(22)15-20;/h7-15,17-18,26H,3-6,16H2,1H3;1H/t18-;/m1./s1. The van der Waals surface area contributed by atoms with Gasteiger partial charge in [-0.25, -0.2) is 4.85 Å². The van der Waals surface area contributed by atoms with Gasteiger partial charge in [-0.3, -0.25) is 4.98 Å². The zero-order valence-corrected chi connectivity index (χ0v) is 16.5. The Balaban J connectivity index is 0.00000261. The van der Waals surface area contributed by atoms with E-state index in [1.165, 1.54) is 41.2 Å². The van der Waals surface area contributed by atoms with Gasteiger partial charge in [-0.2, -0.15) is 0 Å². The topological polar surface area (TPSA) is 29.3 Å². The summed E-state index contributed by atoms with van der Waals surface area (Å²) in [5.41, 5.74) is 3.36. The molecule has 1 aromatic heterocycles. The second kappa shape index (κ2) is 10.7. The molecule has 0 saturated heterocycles. The molecule has 0 aliphatic carbocycles. The van der Waals surface area contributed by atoms with Crippen molar-refractivity contribution in [3.8, 4) is 0 Å². The summed E-state index contributed by atoms with van der Waals surface area (Å²) in [7, 11) is 0. The molecule has 0 aliphatic rings. The van der Waals surface area contributed by atoms with Crippen molar-refractivity contribution >= 4 is 28.9 Å². The number of pyridine rings is 1. The lowest BCUT2D eigenvalue weighted by Gasteiger charge is -2.14. The Morgan fingerprint density at radius 2 is 1.78 bits per heavy atom. The van der Waals surface area contributed by atoms with Gasteiger partial charge in [0.05, 0.1) is 6.57 Å². The van der Waals surface area contributed by atoms with Crippen molar-refractivity contribution in [2.45, 2.75) is 45.2 Å². The molecule has 3 nitrogen and oxygen atoms in total. The van der Waals surface area contributed by atoms with Crippen LogP contribution in [0.1, 0.15) is 37.3 Å². The molecule has 1 heterocycles. The fraction of sp³-hybridized carbons (Fsp3) is 0.304. The number of halogens is 1. The van der Waals surface area contributed by atoms with Gasteiger partial charge in [0, 0.05) is 30.4 Å². The van der Waals surface area contributed by atoms with E-state index in [1.54, 1.807) is 0 Å². The van der Waals surface area contributed by atoms with E-state index in [1.807, 2.05) is 24.5 Å². The minimum atomic E-state index is 0. The maximum Gasteiger partial charge on any atom is 0.187 e. The summed E-state index contributed by atoms with van der Waals surface area (Å²) in [6.45, 7) is 10.1. The van der Waals surface area contributed by atoms with Gasteiger partial charge < -0.3 is 5.32 Å². The molecule has 3 aromatic rings. The summed E-state index contributed by atoms with van der Waals surface area (Å²) in [6, 6.07) is 17.1. The highest BCUT2D eigenvalue weighted by Gasteiger charge is 2.03. The van der Waals surface area contributed by atoms with Crippen LogP contribution in [0.5, 0.6) is 0 Å². The van der Waals surface area contributed by atoms with Crippen molar-refractivity contribution in [1.82, 2.24) is 10.3 Å². The number of unbranched alkanes of at least 4 members (excludes halogenated alkanes) is 1. The van der Waals surface area contributed by atoms with E-state index in [4.69, 9.17) is 6.57 Å². The molecule has 27 heavy (non-hydrogen) atoms. The fourth-order valence-corrected chi connectivity index (χ4v) is 3.15. The quantitative estimate of drug-likeness (QED) is 0.378. The van der Waals surface area contributed by atoms with E-state index in [0.717, 1.165) is 18.7 Å². The van der Waals surface area contributed by atoms with Gasteiger partial charge in [-0.1, -0.05) is 48.4 Å². The second-order valence-electron chi connectivity index (χ2n) is 6.86. The number of nitrogens with zero attached hydrogens (tertiary/aromatic N) is 2. The summed E-state index contributed by atoms with van der Waals surface area (Å²) in [5.74, 6) is 0. The van der Waals surface area contributed by atoms with Crippen LogP contribution < -0.4 is 5.32 Å². The lowest BCUT2D eigenvalue weighted by molar-refractivity contribution is 0.489. The van der Waals surface area contributed by atoms with Crippen molar-refractivity contribution in [1.29, 1.82) is 0 Å². The Labute approximate surface area is 168 Å². The van der Waals surface area contributed by atoms with E-state index in [2.05, 4.69) is 58.5 Å². The van der Waals surface area contributed by atoms with Crippen molar-refractivity contribution in [3.63, 3.8) is 0 Å². The van der Waals surface area contributed by atoms with Crippen LogP contribution in [0.15, 0.2) is 60.9 Å². The lowest BCUT2D eigenvalue weighted by atomic mass is 10.0. The Kier molecular flexibility index (Phi) is 8.26. The van der Waals surface area contributed by atoms with E-state index in [-0.39, 0.29) is 12.4 Å². The number of hydrogen-bond donors (Lipinski definition) is 1. The number of rotatable bonds is 8. The van der Waals surface area contributed by atoms with Crippen LogP contribution in [0.25, 0.3) is 15.6 Å². The van der Waals surface area contributed by atoms with Gasteiger partial charge in [0.1, 0.15) is 0 Å². The zero-order chi connectivity index (χ0) is 18.2. The average molecular weight is 380 g/mol. The van der Waals surface area contributed by atoms with Crippen molar-refractivity contribution in [2.24, 2.45) is 0 Å². The molecule has 0 unspecified atom stereocenters. The third-order valence-electron chi connectivity index (χ3n) is 4.78. The first-order chi connectivity index (χ1) is 12.7. The number of aryl methyl sites for hydroxylation is 1. The fourth-order valence-electron chi connectivity index (χ4n) is 3.15. The summed E-state index contributed by atoms with van der Waals surface area (Å²) in [5, 5.41) is 6.06. The third-order valence-corrected chi connectivity index (χ3v) is 4.78. The minimum Gasteiger partial charge on any atom is -0.310 e. The largest absolute Gasteiger partial charge is 0.310 e. The molecule has 0 saturated carbocycles. The van der Waals surface area contributed by atoms with Crippen LogP contribution in [0.3, 0.4) is 0 Å². The molecule has 0 amide bonds. The molecule has 3 rings (SSSR count). The molecule has 2 aromatic carbocycles. The second-order valence-corrected chi connectivity index (χ2v) is 6.86. The summed E-state index contributed by atoms with van der Waals surface area (Å²) < 4.78 is 0. The van der Waals surface area contributed by atoms with Crippen LogP contribution in [0.4, 0.5) is 5.69 Å². The maximum absolute atomic E-state index is 6.99. The average Bonchev–Trinajstić information content (AvgIpc) is 2.70. The number of aromatic nitrogens is 1. The summed E-state index contributed by atoms with van der Waals surface area (Å²) >= 11 is 0. The maximum atomic E-state index is 6.99. The molecule has 0 radical (unpaired) electrons. The van der Waals surface area contributed by atoms with Gasteiger partial charge in [0.25, 0.3) is 0 Å². The molecule has 140 valence electrons. The van der Waals surface area contributed by atoms with Gasteiger partial charge in [0.2, 0.25) is 0 Å². The van der Waals surface area contributed by atoms with Crippen LogP contribution in [0, 0.1) is 6.57 Å². The predicted octanol–water partition coefficient (Wildman–Crippen LogP) is 6.10. The van der Waals surface area contributed by atoms with Gasteiger partial charge in [-0.15, -0.1) is 12.4 Å². The monoisotopic (exact) mass is 379 g/mol. The molecule has 0 aliphatic heterocycles. The number of nitrogens with one attached hydrogen (secondary N) is 1. The van der Waals surface area contributed by atoms with Crippen LogP contribution in [0.2, 0.25) is 0 Å². The first kappa shape index (κ1) is 20.9. The van der Waals surface area contributed by atoms with Gasteiger partial charge in [-0.05, 0) is 49.3 Å². The highest BCUT2D eigenvalue weighted by Crippen LogP contribution is 2.16. The van der Waals surface area contributed by atoms with Crippen molar-refractivity contribution < 1.29 is 0 Å². The Morgan fingerprint density at radius 1 is 1.00 bits per heavy atom. The Morgan fingerprint density at radius 3 is 2.56 bits per heavy atom. The molecular weight excluding hydrogens is 354 g/mol. The van der Waals surface area contributed by atoms with Crippen LogP contribution in [-0.2, 0) is 13.0 Å². The van der Waals surface area contributed by atoms with E-state index in [9.17, 15) is 0 Å². The summed E-state index contributed by atoms with van der Waals surface area (Å²) in [6.07, 6.45) is 8.41. The molecule has 0 bridgehead atoms. The van der Waals surface area contributed by atoms with Crippen molar-refractivity contribution in [3.05, 3.63) is 83.5 Å². The van der Waals surface area contributed by atoms with E-state index < -0.39 is 0 Å². The predicted molar refractivity (Wildman–Crippen MR) is 116 cm³/mol. The van der Waals surface area contributed by atoms with Gasteiger partial charge in [0.15, 0.2) is 5.69 Å². The molecule has 1 N–H and O–H groups in total. The SMILES string of the molecule is Cl.[C-]#[N+]c1ccc(CCCC[C@@H](C)NCc2ccc3cnccc3c2)cc1. The smallest absolute Gasteiger partial charge is 0.187 e. The lowest BCUT2D eigenvalue weighted by Crippen LogP contribution is -2.25. The first-order valence-corrected chi connectivity index (χ1v) is 9.27. The highest BCUT2D eigenvalue weighted by molar-refractivity contribution is 5.85. The molecule has 4 heteroatoms. The first-order valence-electron chi connectivity index (χ1n) is 9.27. The third kappa shape index (κ3) is 6.36. The molecule has 1 atom stereocenters. The zero-order valence-electron chi connectivity index (χ0n) is 15.7.